The lowest BCUT2D eigenvalue weighted by Crippen LogP contribution is -2.25. The van der Waals surface area contributed by atoms with E-state index in [0.717, 1.165) is 0 Å². The van der Waals surface area contributed by atoms with E-state index in [1.165, 1.54) is 12.3 Å². The molecular weight excluding hydrogens is 370 g/mol. The highest BCUT2D eigenvalue weighted by Gasteiger charge is 2.26. The number of carbonyl (C=O) groups excluding carboxylic acids is 1. The maximum absolute atomic E-state index is 12.1. The smallest absolute Gasteiger partial charge is 0.352 e. The van der Waals surface area contributed by atoms with Crippen LogP contribution >= 0.6 is 11.6 Å². The molecule has 150 valence electrons. The SMILES string of the molecule is C.CC(C)C(CCC(=O)OC(C)(C)C)n1c(C(=O)O)cc2cnc(Cl)nc21. The highest BCUT2D eigenvalue weighted by atomic mass is 35.5. The van der Waals surface area contributed by atoms with Gasteiger partial charge in [-0.1, -0.05) is 21.3 Å². The van der Waals surface area contributed by atoms with Crippen LogP contribution in [0.1, 0.15) is 71.4 Å². The summed E-state index contributed by atoms with van der Waals surface area (Å²) >= 11 is 5.91. The van der Waals surface area contributed by atoms with Gasteiger partial charge in [0.1, 0.15) is 16.9 Å². The van der Waals surface area contributed by atoms with Crippen molar-refractivity contribution < 1.29 is 19.4 Å². The van der Waals surface area contributed by atoms with Crippen molar-refractivity contribution in [2.24, 2.45) is 5.92 Å². The summed E-state index contributed by atoms with van der Waals surface area (Å²) in [5.41, 5.74) is -0.0119. The van der Waals surface area contributed by atoms with Crippen LogP contribution in [-0.4, -0.2) is 37.2 Å². The number of halogens is 1. The standard InChI is InChI=1S/C18H24ClN3O4.CH4/c1-10(2)12(6-7-14(23)26-18(3,4)5)22-13(16(24)25)8-11-9-20-17(19)21-15(11)22;/h8-10,12H,6-7H2,1-5H3,(H,24,25);1H4. The van der Waals surface area contributed by atoms with E-state index in [1.54, 1.807) is 4.57 Å². The second-order valence-electron chi connectivity index (χ2n) is 7.56. The summed E-state index contributed by atoms with van der Waals surface area (Å²) < 4.78 is 7.00. The maximum atomic E-state index is 12.1. The van der Waals surface area contributed by atoms with Crippen molar-refractivity contribution in [1.29, 1.82) is 0 Å². The minimum absolute atomic E-state index is 0. The summed E-state index contributed by atoms with van der Waals surface area (Å²) in [4.78, 5) is 32.0. The number of fused-ring (bicyclic) bond motifs is 1. The molecule has 7 nitrogen and oxygen atoms in total. The molecule has 0 spiro atoms. The summed E-state index contributed by atoms with van der Waals surface area (Å²) in [6, 6.07) is 1.27. The highest BCUT2D eigenvalue weighted by Crippen LogP contribution is 2.31. The molecule has 0 aliphatic rings. The van der Waals surface area contributed by atoms with Gasteiger partial charge in [0.2, 0.25) is 5.28 Å². The Morgan fingerprint density at radius 3 is 2.48 bits per heavy atom. The molecule has 1 atom stereocenters. The third-order valence-corrected chi connectivity index (χ3v) is 4.11. The average Bonchev–Trinajstić information content (AvgIpc) is 2.84. The van der Waals surface area contributed by atoms with E-state index < -0.39 is 11.6 Å². The van der Waals surface area contributed by atoms with E-state index in [1.807, 2.05) is 34.6 Å². The van der Waals surface area contributed by atoms with Crippen LogP contribution in [0, 0.1) is 5.92 Å². The van der Waals surface area contributed by atoms with E-state index in [9.17, 15) is 14.7 Å². The van der Waals surface area contributed by atoms with Gasteiger partial charge in [-0.15, -0.1) is 0 Å². The van der Waals surface area contributed by atoms with Crippen LogP contribution in [0.15, 0.2) is 12.3 Å². The lowest BCUT2D eigenvalue weighted by molar-refractivity contribution is -0.155. The molecule has 0 radical (unpaired) electrons. The first kappa shape index (κ1) is 22.9. The zero-order valence-electron chi connectivity index (χ0n) is 15.6. The number of rotatable bonds is 6. The van der Waals surface area contributed by atoms with Crippen molar-refractivity contribution in [3.05, 3.63) is 23.2 Å². The molecule has 0 aromatic carbocycles. The van der Waals surface area contributed by atoms with E-state index in [4.69, 9.17) is 16.3 Å². The van der Waals surface area contributed by atoms with Gasteiger partial charge in [0, 0.05) is 24.0 Å². The Bertz CT molecular complexity index is 824. The van der Waals surface area contributed by atoms with Crippen LogP contribution < -0.4 is 0 Å². The molecule has 0 fully saturated rings. The predicted molar refractivity (Wildman–Crippen MR) is 105 cm³/mol. The monoisotopic (exact) mass is 397 g/mol. The lowest BCUT2D eigenvalue weighted by Gasteiger charge is -2.26. The van der Waals surface area contributed by atoms with Gasteiger partial charge in [-0.25, -0.2) is 9.78 Å². The number of carbonyl (C=O) groups is 2. The van der Waals surface area contributed by atoms with E-state index in [0.29, 0.717) is 17.5 Å². The third kappa shape index (κ3) is 5.66. The Hall–Kier alpha value is -2.15. The molecule has 2 rings (SSSR count). The molecule has 1 unspecified atom stereocenters. The normalized spacial score (nSPS) is 12.7. The quantitative estimate of drug-likeness (QED) is 0.558. The first-order valence-electron chi connectivity index (χ1n) is 8.48. The molecule has 0 aliphatic heterocycles. The second kappa shape index (κ2) is 8.69. The van der Waals surface area contributed by atoms with Crippen LogP contribution in [0.2, 0.25) is 5.28 Å². The fraction of sp³-hybridized carbons (Fsp3) is 0.579. The molecule has 0 saturated carbocycles. The van der Waals surface area contributed by atoms with Gasteiger partial charge in [-0.3, -0.25) is 4.79 Å². The predicted octanol–water partition coefficient (Wildman–Crippen LogP) is 4.74. The van der Waals surface area contributed by atoms with E-state index in [-0.39, 0.29) is 42.8 Å². The Morgan fingerprint density at radius 1 is 1.33 bits per heavy atom. The van der Waals surface area contributed by atoms with Crippen LogP contribution in [0.3, 0.4) is 0 Å². The molecule has 2 aromatic heterocycles. The second-order valence-corrected chi connectivity index (χ2v) is 7.90. The number of ether oxygens (including phenoxy) is 1. The first-order chi connectivity index (χ1) is 12.0. The van der Waals surface area contributed by atoms with Crippen LogP contribution in [-0.2, 0) is 9.53 Å². The molecular formula is C19H28ClN3O4. The van der Waals surface area contributed by atoms with Crippen molar-refractivity contribution in [2.45, 2.75) is 66.5 Å². The molecule has 27 heavy (non-hydrogen) atoms. The molecule has 2 heterocycles. The van der Waals surface area contributed by atoms with Crippen molar-refractivity contribution in [1.82, 2.24) is 14.5 Å². The average molecular weight is 398 g/mol. The summed E-state index contributed by atoms with van der Waals surface area (Å²) in [6.07, 6.45) is 2.11. The van der Waals surface area contributed by atoms with Gasteiger partial charge >= 0.3 is 11.9 Å². The number of aromatic carboxylic acids is 1. The van der Waals surface area contributed by atoms with Crippen molar-refractivity contribution in [2.75, 3.05) is 0 Å². The number of aromatic nitrogens is 3. The summed E-state index contributed by atoms with van der Waals surface area (Å²) in [7, 11) is 0. The maximum Gasteiger partial charge on any atom is 0.352 e. The van der Waals surface area contributed by atoms with Gasteiger partial charge in [0.15, 0.2) is 0 Å². The summed E-state index contributed by atoms with van der Waals surface area (Å²) in [5, 5.41) is 10.2. The molecule has 0 aliphatic carbocycles. The number of carboxylic acids is 1. The first-order valence-corrected chi connectivity index (χ1v) is 8.86. The molecule has 0 saturated heterocycles. The molecule has 0 bridgehead atoms. The van der Waals surface area contributed by atoms with Gasteiger partial charge in [-0.05, 0) is 50.8 Å². The largest absolute Gasteiger partial charge is 0.477 e. The van der Waals surface area contributed by atoms with Crippen LogP contribution in [0.5, 0.6) is 0 Å². The fourth-order valence-electron chi connectivity index (χ4n) is 2.91. The fourth-order valence-corrected chi connectivity index (χ4v) is 3.04. The van der Waals surface area contributed by atoms with E-state index >= 15 is 0 Å². The van der Waals surface area contributed by atoms with Gasteiger partial charge in [-0.2, -0.15) is 4.98 Å². The Kier molecular flexibility index (Phi) is 7.37. The third-order valence-electron chi connectivity index (χ3n) is 3.93. The minimum Gasteiger partial charge on any atom is -0.477 e. The topological polar surface area (TPSA) is 94.3 Å². The van der Waals surface area contributed by atoms with Crippen molar-refractivity contribution in [3.8, 4) is 0 Å². The zero-order valence-corrected chi connectivity index (χ0v) is 16.4. The van der Waals surface area contributed by atoms with Gasteiger partial charge < -0.3 is 14.4 Å². The molecule has 2 aromatic rings. The molecule has 8 heteroatoms. The lowest BCUT2D eigenvalue weighted by atomic mass is 9.98. The van der Waals surface area contributed by atoms with Crippen LogP contribution in [0.4, 0.5) is 0 Å². The number of hydrogen-bond acceptors (Lipinski definition) is 5. The Labute approximate surface area is 164 Å². The van der Waals surface area contributed by atoms with Crippen LogP contribution in [0.25, 0.3) is 11.0 Å². The summed E-state index contributed by atoms with van der Waals surface area (Å²) in [6.45, 7) is 9.38. The summed E-state index contributed by atoms with van der Waals surface area (Å²) in [5.74, 6) is -1.31. The van der Waals surface area contributed by atoms with Gasteiger partial charge in [0.25, 0.3) is 0 Å². The Morgan fingerprint density at radius 2 is 1.96 bits per heavy atom. The zero-order chi connectivity index (χ0) is 19.6. The molecule has 0 amide bonds. The van der Waals surface area contributed by atoms with E-state index in [2.05, 4.69) is 9.97 Å². The molecule has 1 N–H and O–H groups in total. The number of esters is 1. The number of hydrogen-bond donors (Lipinski definition) is 1. The number of nitrogens with zero attached hydrogens (tertiary/aromatic N) is 3. The highest BCUT2D eigenvalue weighted by molar-refractivity contribution is 6.28. The van der Waals surface area contributed by atoms with Crippen molar-refractivity contribution >= 4 is 34.6 Å². The minimum atomic E-state index is -1.07. The van der Waals surface area contributed by atoms with Gasteiger partial charge in [0.05, 0.1) is 0 Å². The Balaban J connectivity index is 0.00000364. The number of carboxylic acid groups (broad SMARTS) is 1. The van der Waals surface area contributed by atoms with Crippen molar-refractivity contribution in [3.63, 3.8) is 0 Å².